The van der Waals surface area contributed by atoms with Crippen molar-refractivity contribution in [2.45, 2.75) is 52.6 Å². The van der Waals surface area contributed by atoms with Crippen LogP contribution in [0.5, 0.6) is 11.5 Å². The SMILES string of the molecule is CCCOCCN(C)CCCOc1cccc(-c2cccc(OCCCN3CCC(O)C3)c2C)c1C. The first-order chi connectivity index (χ1) is 17.5. The lowest BCUT2D eigenvalue weighted by Crippen LogP contribution is -2.25. The number of hydrogen-bond donors (Lipinski definition) is 1. The van der Waals surface area contributed by atoms with Crippen LogP contribution in [0, 0.1) is 13.8 Å². The predicted octanol–water partition coefficient (Wildman–Crippen LogP) is 4.93. The molecule has 2 aromatic carbocycles. The molecule has 0 aliphatic carbocycles. The van der Waals surface area contributed by atoms with Crippen LogP contribution in [0.1, 0.15) is 43.7 Å². The molecule has 0 radical (unpaired) electrons. The van der Waals surface area contributed by atoms with Crippen molar-refractivity contribution in [3.8, 4) is 22.6 Å². The van der Waals surface area contributed by atoms with E-state index < -0.39 is 0 Å². The summed E-state index contributed by atoms with van der Waals surface area (Å²) in [5, 5.41) is 9.69. The highest BCUT2D eigenvalue weighted by atomic mass is 16.5. The highest BCUT2D eigenvalue weighted by Crippen LogP contribution is 2.35. The van der Waals surface area contributed by atoms with Crippen LogP contribution in [0.2, 0.25) is 0 Å². The Hall–Kier alpha value is -2.12. The fourth-order valence-corrected chi connectivity index (χ4v) is 4.71. The molecule has 1 N–H and O–H groups in total. The minimum Gasteiger partial charge on any atom is -0.493 e. The van der Waals surface area contributed by atoms with Gasteiger partial charge in [0.25, 0.3) is 0 Å². The second kappa shape index (κ2) is 15.2. The Kier molecular flexibility index (Phi) is 12.0. The number of rotatable bonds is 16. The van der Waals surface area contributed by atoms with Crippen molar-refractivity contribution < 1.29 is 19.3 Å². The minimum atomic E-state index is -0.162. The van der Waals surface area contributed by atoms with Gasteiger partial charge in [0, 0.05) is 39.3 Å². The fourth-order valence-electron chi connectivity index (χ4n) is 4.71. The van der Waals surface area contributed by atoms with E-state index in [1.54, 1.807) is 0 Å². The number of hydrogen-bond acceptors (Lipinski definition) is 6. The topological polar surface area (TPSA) is 54.4 Å². The molecule has 1 aliphatic rings. The van der Waals surface area contributed by atoms with E-state index in [2.05, 4.69) is 74.0 Å². The quantitative estimate of drug-likeness (QED) is 0.331. The zero-order valence-electron chi connectivity index (χ0n) is 22.8. The van der Waals surface area contributed by atoms with Crippen LogP contribution in [0.3, 0.4) is 0 Å². The summed E-state index contributed by atoms with van der Waals surface area (Å²) in [5.74, 6) is 1.88. The van der Waals surface area contributed by atoms with Crippen LogP contribution < -0.4 is 9.47 Å². The molecule has 3 rings (SSSR count). The van der Waals surface area contributed by atoms with Crippen molar-refractivity contribution in [2.24, 2.45) is 0 Å². The number of benzene rings is 2. The largest absolute Gasteiger partial charge is 0.493 e. The lowest BCUT2D eigenvalue weighted by molar-refractivity contribution is 0.110. The molecule has 200 valence electrons. The molecule has 1 atom stereocenters. The monoisotopic (exact) mass is 498 g/mol. The van der Waals surface area contributed by atoms with E-state index in [0.29, 0.717) is 13.2 Å². The van der Waals surface area contributed by atoms with Gasteiger partial charge in [-0.15, -0.1) is 0 Å². The Morgan fingerprint density at radius 1 is 0.889 bits per heavy atom. The molecule has 36 heavy (non-hydrogen) atoms. The number of nitrogens with zero attached hydrogens (tertiary/aromatic N) is 2. The van der Waals surface area contributed by atoms with E-state index in [0.717, 1.165) is 94.2 Å². The summed E-state index contributed by atoms with van der Waals surface area (Å²) in [5.41, 5.74) is 4.68. The zero-order valence-corrected chi connectivity index (χ0v) is 22.8. The lowest BCUT2D eigenvalue weighted by atomic mass is 9.95. The first kappa shape index (κ1) is 28.5. The number of aliphatic hydroxyl groups is 1. The number of β-amino-alcohol motifs (C(OH)–C–C–N with tert-alkyl or cyclic N) is 1. The first-order valence-corrected chi connectivity index (χ1v) is 13.6. The number of aliphatic hydroxyl groups excluding tert-OH is 1. The molecule has 6 heteroatoms. The number of likely N-dealkylation sites (N-methyl/N-ethyl adjacent to an activating group) is 1. The van der Waals surface area contributed by atoms with Gasteiger partial charge in [0.05, 0.1) is 25.9 Å². The highest BCUT2D eigenvalue weighted by Gasteiger charge is 2.19. The first-order valence-electron chi connectivity index (χ1n) is 13.6. The molecule has 6 nitrogen and oxygen atoms in total. The van der Waals surface area contributed by atoms with Crippen LogP contribution in [0.25, 0.3) is 11.1 Å². The number of ether oxygens (including phenoxy) is 3. The molecular formula is C30H46N2O4. The van der Waals surface area contributed by atoms with Crippen molar-refractivity contribution in [1.29, 1.82) is 0 Å². The van der Waals surface area contributed by atoms with E-state index in [9.17, 15) is 5.11 Å². The summed E-state index contributed by atoms with van der Waals surface area (Å²) < 4.78 is 17.9. The molecular weight excluding hydrogens is 452 g/mol. The second-order valence-electron chi connectivity index (χ2n) is 9.92. The van der Waals surface area contributed by atoms with Gasteiger partial charge in [0.1, 0.15) is 11.5 Å². The van der Waals surface area contributed by atoms with Crippen LogP contribution in [0.4, 0.5) is 0 Å². The Bertz CT molecular complexity index is 920. The van der Waals surface area contributed by atoms with Crippen LogP contribution in [0.15, 0.2) is 36.4 Å². The predicted molar refractivity (Wildman–Crippen MR) is 147 cm³/mol. The van der Waals surface area contributed by atoms with Crippen molar-refractivity contribution in [1.82, 2.24) is 9.80 Å². The molecule has 2 aromatic rings. The molecule has 0 saturated carbocycles. The third-order valence-electron chi connectivity index (χ3n) is 6.89. The van der Waals surface area contributed by atoms with E-state index >= 15 is 0 Å². The summed E-state index contributed by atoms with van der Waals surface area (Å²) in [6.45, 7) is 14.1. The van der Waals surface area contributed by atoms with Crippen molar-refractivity contribution >= 4 is 0 Å². The third kappa shape index (κ3) is 8.77. The summed E-state index contributed by atoms with van der Waals surface area (Å²) in [4.78, 5) is 4.61. The van der Waals surface area contributed by atoms with Gasteiger partial charge in [-0.2, -0.15) is 0 Å². The lowest BCUT2D eigenvalue weighted by Gasteiger charge is -2.19. The van der Waals surface area contributed by atoms with Crippen molar-refractivity contribution in [3.63, 3.8) is 0 Å². The maximum Gasteiger partial charge on any atom is 0.122 e. The number of likely N-dealkylation sites (tertiary alicyclic amines) is 1. The molecule has 1 saturated heterocycles. The van der Waals surface area contributed by atoms with Crippen molar-refractivity contribution in [2.75, 3.05) is 66.2 Å². The molecule has 1 fully saturated rings. The van der Waals surface area contributed by atoms with E-state index in [4.69, 9.17) is 14.2 Å². The molecule has 1 unspecified atom stereocenters. The smallest absolute Gasteiger partial charge is 0.122 e. The average molecular weight is 499 g/mol. The average Bonchev–Trinajstić information content (AvgIpc) is 3.29. The van der Waals surface area contributed by atoms with E-state index in [-0.39, 0.29) is 6.10 Å². The molecule has 0 spiro atoms. The minimum absolute atomic E-state index is 0.162. The van der Waals surface area contributed by atoms with E-state index in [1.165, 1.54) is 11.1 Å². The highest BCUT2D eigenvalue weighted by molar-refractivity contribution is 5.74. The Balaban J connectivity index is 1.50. The van der Waals surface area contributed by atoms with Crippen molar-refractivity contribution in [3.05, 3.63) is 47.5 Å². The van der Waals surface area contributed by atoms with Gasteiger partial charge in [-0.3, -0.25) is 0 Å². The molecule has 0 aromatic heterocycles. The van der Waals surface area contributed by atoms with Crippen LogP contribution in [-0.4, -0.2) is 87.2 Å². The molecule has 0 amide bonds. The second-order valence-corrected chi connectivity index (χ2v) is 9.92. The zero-order chi connectivity index (χ0) is 25.8. The molecule has 1 heterocycles. The fraction of sp³-hybridized carbons (Fsp3) is 0.600. The maximum absolute atomic E-state index is 9.69. The van der Waals surface area contributed by atoms with Gasteiger partial charge in [-0.25, -0.2) is 0 Å². The Labute approximate surface area is 218 Å². The standard InChI is InChI=1S/C30H46N2O4/c1-5-19-34-22-18-31(4)15-8-20-35-29-12-6-10-27(24(29)2)28-11-7-13-30(25(28)3)36-21-9-16-32-17-14-26(33)23-32/h6-7,10-13,26,33H,5,8-9,14-23H2,1-4H3. The Morgan fingerprint density at radius 3 is 2.11 bits per heavy atom. The van der Waals surface area contributed by atoms with Gasteiger partial charge in [0.2, 0.25) is 0 Å². The van der Waals surface area contributed by atoms with Crippen LogP contribution >= 0.6 is 0 Å². The third-order valence-corrected chi connectivity index (χ3v) is 6.89. The van der Waals surface area contributed by atoms with E-state index in [1.807, 2.05) is 0 Å². The summed E-state index contributed by atoms with van der Waals surface area (Å²) in [7, 11) is 2.13. The van der Waals surface area contributed by atoms with Gasteiger partial charge >= 0.3 is 0 Å². The van der Waals surface area contributed by atoms with Gasteiger partial charge in [-0.05, 0) is 81.0 Å². The maximum atomic E-state index is 9.69. The molecule has 0 bridgehead atoms. The summed E-state index contributed by atoms with van der Waals surface area (Å²) in [6.07, 6.45) is 3.73. The van der Waals surface area contributed by atoms with Gasteiger partial charge in [0.15, 0.2) is 0 Å². The van der Waals surface area contributed by atoms with Gasteiger partial charge < -0.3 is 29.1 Å². The normalized spacial score (nSPS) is 16.1. The van der Waals surface area contributed by atoms with Crippen LogP contribution in [-0.2, 0) is 4.74 Å². The molecule has 1 aliphatic heterocycles. The van der Waals surface area contributed by atoms with Gasteiger partial charge in [-0.1, -0.05) is 31.2 Å². The summed E-state index contributed by atoms with van der Waals surface area (Å²) >= 11 is 0. The summed E-state index contributed by atoms with van der Waals surface area (Å²) in [6, 6.07) is 12.6. The Morgan fingerprint density at radius 2 is 1.53 bits per heavy atom.